The molecule has 1 aromatic carbocycles. The van der Waals surface area contributed by atoms with E-state index in [2.05, 4.69) is 37.9 Å². The maximum Gasteiger partial charge on any atom is 0.241 e. The van der Waals surface area contributed by atoms with E-state index < -0.39 is 0 Å². The van der Waals surface area contributed by atoms with E-state index in [9.17, 15) is 0 Å². The number of halogens is 1. The van der Waals surface area contributed by atoms with Crippen LogP contribution in [-0.4, -0.2) is 34.2 Å². The standard InChI is InChI=1S/C15H19BrN4O/c1-10-5-6-20(8-13(10)17)9-14-18-15(19-21-14)11-3-2-4-12(16)7-11/h2-4,7,10,13H,5-6,8-9,17H2,1H3. The third-order valence-electron chi connectivity index (χ3n) is 4.01. The smallest absolute Gasteiger partial charge is 0.241 e. The van der Waals surface area contributed by atoms with Gasteiger partial charge in [-0.15, -0.1) is 0 Å². The molecule has 5 nitrogen and oxygen atoms in total. The van der Waals surface area contributed by atoms with Crippen LogP contribution in [0.1, 0.15) is 19.2 Å². The van der Waals surface area contributed by atoms with E-state index in [-0.39, 0.29) is 6.04 Å². The van der Waals surface area contributed by atoms with Crippen LogP contribution < -0.4 is 5.73 Å². The van der Waals surface area contributed by atoms with Gasteiger partial charge in [0.2, 0.25) is 11.7 Å². The van der Waals surface area contributed by atoms with Crippen molar-refractivity contribution in [2.24, 2.45) is 11.7 Å². The Labute approximate surface area is 132 Å². The number of likely N-dealkylation sites (tertiary alicyclic amines) is 1. The van der Waals surface area contributed by atoms with Crippen molar-refractivity contribution in [2.75, 3.05) is 13.1 Å². The predicted octanol–water partition coefficient (Wildman–Crippen LogP) is 2.67. The van der Waals surface area contributed by atoms with Crippen molar-refractivity contribution >= 4 is 15.9 Å². The molecule has 2 unspecified atom stereocenters. The van der Waals surface area contributed by atoms with Crippen LogP contribution in [-0.2, 0) is 6.54 Å². The van der Waals surface area contributed by atoms with Crippen molar-refractivity contribution in [3.63, 3.8) is 0 Å². The summed E-state index contributed by atoms with van der Waals surface area (Å²) in [5.41, 5.74) is 7.07. The summed E-state index contributed by atoms with van der Waals surface area (Å²) in [6.45, 7) is 4.79. The van der Waals surface area contributed by atoms with Crippen molar-refractivity contribution in [2.45, 2.75) is 25.9 Å². The quantitative estimate of drug-likeness (QED) is 0.921. The van der Waals surface area contributed by atoms with E-state index in [1.807, 2.05) is 24.3 Å². The first-order chi connectivity index (χ1) is 10.1. The molecule has 0 spiro atoms. The summed E-state index contributed by atoms with van der Waals surface area (Å²) < 4.78 is 6.37. The van der Waals surface area contributed by atoms with Crippen LogP contribution in [0, 0.1) is 5.92 Å². The lowest BCUT2D eigenvalue weighted by molar-refractivity contribution is 0.146. The first-order valence-electron chi connectivity index (χ1n) is 7.18. The lowest BCUT2D eigenvalue weighted by atomic mass is 9.94. The van der Waals surface area contributed by atoms with Crippen LogP contribution >= 0.6 is 15.9 Å². The van der Waals surface area contributed by atoms with Crippen LogP contribution in [0.15, 0.2) is 33.3 Å². The molecular formula is C15H19BrN4O. The zero-order chi connectivity index (χ0) is 14.8. The van der Waals surface area contributed by atoms with Crippen molar-refractivity contribution in [1.82, 2.24) is 15.0 Å². The van der Waals surface area contributed by atoms with Crippen LogP contribution in [0.5, 0.6) is 0 Å². The van der Waals surface area contributed by atoms with E-state index in [0.717, 1.165) is 29.5 Å². The second kappa shape index (κ2) is 6.25. The Morgan fingerprint density at radius 1 is 1.48 bits per heavy atom. The molecule has 0 amide bonds. The number of piperidine rings is 1. The second-order valence-electron chi connectivity index (χ2n) is 5.69. The van der Waals surface area contributed by atoms with Gasteiger partial charge >= 0.3 is 0 Å². The van der Waals surface area contributed by atoms with Gasteiger partial charge in [0, 0.05) is 22.6 Å². The van der Waals surface area contributed by atoms with Crippen molar-refractivity contribution in [3.8, 4) is 11.4 Å². The van der Waals surface area contributed by atoms with Gasteiger partial charge in [-0.05, 0) is 31.0 Å². The summed E-state index contributed by atoms with van der Waals surface area (Å²) in [4.78, 5) is 6.76. The van der Waals surface area contributed by atoms with Gasteiger partial charge in [-0.2, -0.15) is 4.98 Å². The molecule has 1 saturated heterocycles. The fourth-order valence-corrected chi connectivity index (χ4v) is 2.97. The lowest BCUT2D eigenvalue weighted by Crippen LogP contribution is -2.47. The normalized spacial score (nSPS) is 23.4. The van der Waals surface area contributed by atoms with Gasteiger partial charge < -0.3 is 10.3 Å². The summed E-state index contributed by atoms with van der Waals surface area (Å²) in [6.07, 6.45) is 1.12. The minimum Gasteiger partial charge on any atom is -0.338 e. The number of hydrogen-bond donors (Lipinski definition) is 1. The molecule has 0 saturated carbocycles. The van der Waals surface area contributed by atoms with Crippen LogP contribution in [0.2, 0.25) is 0 Å². The van der Waals surface area contributed by atoms with E-state index in [1.54, 1.807) is 0 Å². The van der Waals surface area contributed by atoms with E-state index in [1.165, 1.54) is 0 Å². The molecule has 112 valence electrons. The molecule has 3 rings (SSSR count). The first kappa shape index (κ1) is 14.7. The molecule has 0 bridgehead atoms. The van der Waals surface area contributed by atoms with Crippen LogP contribution in [0.4, 0.5) is 0 Å². The number of rotatable bonds is 3. The number of aromatic nitrogens is 2. The molecule has 2 aromatic rings. The zero-order valence-electron chi connectivity index (χ0n) is 12.0. The molecule has 1 aliphatic heterocycles. The number of hydrogen-bond acceptors (Lipinski definition) is 5. The highest BCUT2D eigenvalue weighted by molar-refractivity contribution is 9.10. The highest BCUT2D eigenvalue weighted by Crippen LogP contribution is 2.21. The summed E-state index contributed by atoms with van der Waals surface area (Å²) in [5.74, 6) is 1.86. The predicted molar refractivity (Wildman–Crippen MR) is 84.5 cm³/mol. The highest BCUT2D eigenvalue weighted by Gasteiger charge is 2.24. The molecule has 2 heterocycles. The molecule has 1 fully saturated rings. The fraction of sp³-hybridized carbons (Fsp3) is 0.467. The van der Waals surface area contributed by atoms with Gasteiger partial charge in [-0.25, -0.2) is 0 Å². The zero-order valence-corrected chi connectivity index (χ0v) is 13.6. The van der Waals surface area contributed by atoms with Crippen molar-refractivity contribution in [3.05, 3.63) is 34.6 Å². The molecule has 0 radical (unpaired) electrons. The maximum atomic E-state index is 6.12. The minimum absolute atomic E-state index is 0.228. The van der Waals surface area contributed by atoms with Crippen molar-refractivity contribution < 1.29 is 4.52 Å². The Hall–Kier alpha value is -1.24. The third kappa shape index (κ3) is 3.51. The van der Waals surface area contributed by atoms with Gasteiger partial charge in [0.05, 0.1) is 6.54 Å². The molecule has 1 aliphatic rings. The van der Waals surface area contributed by atoms with E-state index in [0.29, 0.717) is 24.2 Å². The van der Waals surface area contributed by atoms with Gasteiger partial charge in [0.1, 0.15) is 0 Å². The summed E-state index contributed by atoms with van der Waals surface area (Å²) in [6, 6.07) is 8.11. The monoisotopic (exact) mass is 350 g/mol. The van der Waals surface area contributed by atoms with Crippen LogP contribution in [0.25, 0.3) is 11.4 Å². The van der Waals surface area contributed by atoms with Gasteiger partial charge in [-0.1, -0.05) is 40.1 Å². The molecule has 2 atom stereocenters. The molecule has 6 heteroatoms. The van der Waals surface area contributed by atoms with Crippen molar-refractivity contribution in [1.29, 1.82) is 0 Å². The molecule has 1 aromatic heterocycles. The summed E-state index contributed by atoms with van der Waals surface area (Å²) in [5, 5.41) is 4.06. The summed E-state index contributed by atoms with van der Waals surface area (Å²) >= 11 is 3.45. The Balaban J connectivity index is 1.68. The largest absolute Gasteiger partial charge is 0.338 e. The fourth-order valence-electron chi connectivity index (χ4n) is 2.57. The lowest BCUT2D eigenvalue weighted by Gasteiger charge is -2.34. The Kier molecular flexibility index (Phi) is 4.37. The highest BCUT2D eigenvalue weighted by atomic mass is 79.9. The maximum absolute atomic E-state index is 6.12. The number of nitrogens with zero attached hydrogens (tertiary/aromatic N) is 3. The second-order valence-corrected chi connectivity index (χ2v) is 6.60. The average Bonchev–Trinajstić information content (AvgIpc) is 2.91. The number of nitrogens with two attached hydrogens (primary N) is 1. The Morgan fingerprint density at radius 3 is 3.10 bits per heavy atom. The Morgan fingerprint density at radius 2 is 2.33 bits per heavy atom. The SMILES string of the molecule is CC1CCN(Cc2nc(-c3cccc(Br)c3)no2)CC1N. The van der Waals surface area contributed by atoms with Gasteiger partial charge in [0.15, 0.2) is 0 Å². The Bertz CT molecular complexity index is 615. The third-order valence-corrected chi connectivity index (χ3v) is 4.50. The molecule has 21 heavy (non-hydrogen) atoms. The molecule has 2 N–H and O–H groups in total. The molecule has 0 aliphatic carbocycles. The average molecular weight is 351 g/mol. The van der Waals surface area contributed by atoms with Gasteiger partial charge in [-0.3, -0.25) is 4.90 Å². The van der Waals surface area contributed by atoms with E-state index >= 15 is 0 Å². The van der Waals surface area contributed by atoms with Gasteiger partial charge in [0.25, 0.3) is 0 Å². The summed E-state index contributed by atoms with van der Waals surface area (Å²) in [7, 11) is 0. The first-order valence-corrected chi connectivity index (χ1v) is 7.97. The van der Waals surface area contributed by atoms with E-state index in [4.69, 9.17) is 10.3 Å². The molecular weight excluding hydrogens is 332 g/mol. The topological polar surface area (TPSA) is 68.2 Å². The van der Waals surface area contributed by atoms with Crippen LogP contribution in [0.3, 0.4) is 0 Å². The minimum atomic E-state index is 0.228. The number of benzene rings is 1.